The van der Waals surface area contributed by atoms with Gasteiger partial charge in [-0.15, -0.1) is 0 Å². The third kappa shape index (κ3) is 4.38. The third-order valence-corrected chi connectivity index (χ3v) is 4.82. The fourth-order valence-electron chi connectivity index (χ4n) is 3.32. The number of amides is 1. The number of carbonyl (C=O) groups excluding carboxylic acids is 1. The lowest BCUT2D eigenvalue weighted by molar-refractivity contribution is -0.119. The molecule has 3 aromatic rings. The Morgan fingerprint density at radius 2 is 2.00 bits per heavy atom. The van der Waals surface area contributed by atoms with E-state index in [2.05, 4.69) is 15.5 Å². The van der Waals surface area contributed by atoms with Crippen LogP contribution in [0, 0.1) is 5.92 Å². The third-order valence-electron chi connectivity index (χ3n) is 4.82. The van der Waals surface area contributed by atoms with Crippen molar-refractivity contribution in [3.63, 3.8) is 0 Å². The first kappa shape index (κ1) is 20.8. The van der Waals surface area contributed by atoms with Crippen LogP contribution < -0.4 is 10.1 Å². The summed E-state index contributed by atoms with van der Waals surface area (Å²) < 4.78 is 34.1. The highest BCUT2D eigenvalue weighted by atomic mass is 19.3. The summed E-state index contributed by atoms with van der Waals surface area (Å²) in [6, 6.07) is 3.62. The standard InChI is InChI=1S/C18H19F2N5O2.C2H6/c1-10(12-5-17(26)21-6-12)27-16-4-11(3-15-14(16)9-24(2)23-15)13-7-22-25(8-13)18(19)20;1-2/h3-4,7-10,12,18H,5-6H2,1-2H3,(H,21,26);1-2H3/t10-,12-;/m1./s1. The fraction of sp³-hybridized carbons (Fsp3) is 0.450. The minimum Gasteiger partial charge on any atom is -0.490 e. The van der Waals surface area contributed by atoms with Crippen molar-refractivity contribution >= 4 is 16.8 Å². The molecule has 0 spiro atoms. The maximum Gasteiger partial charge on any atom is 0.333 e. The lowest BCUT2D eigenvalue weighted by Gasteiger charge is -2.20. The molecule has 2 atom stereocenters. The van der Waals surface area contributed by atoms with Gasteiger partial charge in [0.2, 0.25) is 5.91 Å². The molecule has 0 aliphatic carbocycles. The number of aryl methyl sites for hydroxylation is 1. The highest BCUT2D eigenvalue weighted by Gasteiger charge is 2.28. The van der Waals surface area contributed by atoms with Crippen LogP contribution in [0.4, 0.5) is 8.78 Å². The molecule has 0 unspecified atom stereocenters. The number of hydrogen-bond donors (Lipinski definition) is 1. The van der Waals surface area contributed by atoms with Crippen molar-refractivity contribution in [1.82, 2.24) is 24.9 Å². The molecule has 4 rings (SSSR count). The van der Waals surface area contributed by atoms with Crippen molar-refractivity contribution in [2.45, 2.75) is 39.8 Å². The lowest BCUT2D eigenvalue weighted by atomic mass is 10.0. The van der Waals surface area contributed by atoms with Crippen LogP contribution in [0.1, 0.15) is 33.7 Å². The van der Waals surface area contributed by atoms with Crippen LogP contribution in [-0.2, 0) is 11.8 Å². The lowest BCUT2D eigenvalue weighted by Crippen LogP contribution is -2.25. The van der Waals surface area contributed by atoms with Gasteiger partial charge in [0, 0.05) is 43.9 Å². The van der Waals surface area contributed by atoms with E-state index in [4.69, 9.17) is 4.74 Å². The van der Waals surface area contributed by atoms with Crippen molar-refractivity contribution in [2.24, 2.45) is 13.0 Å². The number of ether oxygens (including phenoxy) is 1. The number of nitrogens with zero attached hydrogens (tertiary/aromatic N) is 4. The molecule has 1 amide bonds. The van der Waals surface area contributed by atoms with Gasteiger partial charge >= 0.3 is 6.55 Å². The highest BCUT2D eigenvalue weighted by molar-refractivity contribution is 5.89. The molecule has 0 radical (unpaired) electrons. The number of fused-ring (bicyclic) bond motifs is 1. The minimum atomic E-state index is -2.69. The molecule has 1 saturated heterocycles. The molecule has 7 nitrogen and oxygen atoms in total. The Hall–Kier alpha value is -2.97. The van der Waals surface area contributed by atoms with Gasteiger partial charge in [-0.25, -0.2) is 4.68 Å². The molecule has 0 saturated carbocycles. The van der Waals surface area contributed by atoms with Crippen molar-refractivity contribution in [3.05, 3.63) is 30.7 Å². The number of hydrogen-bond acceptors (Lipinski definition) is 4. The van der Waals surface area contributed by atoms with Gasteiger partial charge in [0.05, 0.1) is 17.1 Å². The van der Waals surface area contributed by atoms with Crippen molar-refractivity contribution in [2.75, 3.05) is 6.54 Å². The molecular formula is C20H25F2N5O2. The molecule has 3 heterocycles. The van der Waals surface area contributed by atoms with Gasteiger partial charge in [-0.3, -0.25) is 9.48 Å². The molecular weight excluding hydrogens is 380 g/mol. The molecule has 1 fully saturated rings. The van der Waals surface area contributed by atoms with Crippen LogP contribution in [0.15, 0.2) is 30.7 Å². The Morgan fingerprint density at radius 1 is 1.24 bits per heavy atom. The Bertz CT molecular complexity index is 998. The Kier molecular flexibility index (Phi) is 6.14. The number of carbonyl (C=O) groups is 1. The number of aromatic nitrogens is 4. The Balaban J connectivity index is 0.00000117. The smallest absolute Gasteiger partial charge is 0.333 e. The maximum atomic E-state index is 12.8. The van der Waals surface area contributed by atoms with E-state index in [1.165, 1.54) is 12.4 Å². The largest absolute Gasteiger partial charge is 0.490 e. The van der Waals surface area contributed by atoms with Gasteiger partial charge in [-0.1, -0.05) is 13.8 Å². The SMILES string of the molecule is CC.C[C@@H](Oc1cc(-c2cnn(C(F)F)c2)cc2nn(C)cc12)[C@H]1CNC(=O)C1. The average Bonchev–Trinajstić information content (AvgIpc) is 3.41. The van der Waals surface area contributed by atoms with Crippen LogP contribution in [0.25, 0.3) is 22.0 Å². The second kappa shape index (κ2) is 8.59. The van der Waals surface area contributed by atoms with Crippen molar-refractivity contribution < 1.29 is 18.3 Å². The van der Waals surface area contributed by atoms with Crippen LogP contribution in [0.3, 0.4) is 0 Å². The van der Waals surface area contributed by atoms with Gasteiger partial charge in [0.25, 0.3) is 0 Å². The first-order valence-electron chi connectivity index (χ1n) is 9.64. The summed E-state index contributed by atoms with van der Waals surface area (Å²) in [5.74, 6) is 0.705. The maximum absolute atomic E-state index is 12.8. The predicted octanol–water partition coefficient (Wildman–Crippen LogP) is 3.76. The normalized spacial score (nSPS) is 17.2. The second-order valence-electron chi connectivity index (χ2n) is 6.79. The van der Waals surface area contributed by atoms with Gasteiger partial charge in [-0.2, -0.15) is 19.0 Å². The summed E-state index contributed by atoms with van der Waals surface area (Å²) in [5.41, 5.74) is 1.94. The molecule has 1 aliphatic rings. The quantitative estimate of drug-likeness (QED) is 0.701. The van der Waals surface area contributed by atoms with E-state index < -0.39 is 6.55 Å². The van der Waals surface area contributed by atoms with E-state index in [0.29, 0.717) is 40.0 Å². The van der Waals surface area contributed by atoms with Gasteiger partial charge < -0.3 is 10.1 Å². The fourth-order valence-corrected chi connectivity index (χ4v) is 3.32. The summed E-state index contributed by atoms with van der Waals surface area (Å²) in [6.07, 6.45) is 4.77. The Labute approximate surface area is 167 Å². The molecule has 9 heteroatoms. The predicted molar refractivity (Wildman–Crippen MR) is 106 cm³/mol. The van der Waals surface area contributed by atoms with Crippen LogP contribution in [0.5, 0.6) is 5.75 Å². The van der Waals surface area contributed by atoms with Crippen LogP contribution in [0.2, 0.25) is 0 Å². The van der Waals surface area contributed by atoms with Crippen LogP contribution in [-0.4, -0.2) is 38.1 Å². The first-order valence-corrected chi connectivity index (χ1v) is 9.64. The van der Waals surface area contributed by atoms with Crippen LogP contribution >= 0.6 is 0 Å². The van der Waals surface area contributed by atoms with E-state index >= 15 is 0 Å². The summed E-state index contributed by atoms with van der Waals surface area (Å²) in [4.78, 5) is 11.5. The zero-order valence-electron chi connectivity index (χ0n) is 16.9. The summed E-state index contributed by atoms with van der Waals surface area (Å²) in [6.45, 7) is 3.81. The highest BCUT2D eigenvalue weighted by Crippen LogP contribution is 2.34. The topological polar surface area (TPSA) is 74.0 Å². The number of nitrogens with one attached hydrogen (secondary N) is 1. The zero-order valence-corrected chi connectivity index (χ0v) is 16.9. The van der Waals surface area contributed by atoms with E-state index in [1.807, 2.05) is 33.0 Å². The summed E-state index contributed by atoms with van der Waals surface area (Å²) >= 11 is 0. The number of rotatable bonds is 5. The summed E-state index contributed by atoms with van der Waals surface area (Å²) in [7, 11) is 1.81. The molecule has 1 aromatic carbocycles. The molecule has 0 bridgehead atoms. The number of benzene rings is 1. The van der Waals surface area contributed by atoms with E-state index in [-0.39, 0.29) is 17.9 Å². The van der Waals surface area contributed by atoms with E-state index in [9.17, 15) is 13.6 Å². The minimum absolute atomic E-state index is 0.0233. The zero-order chi connectivity index (χ0) is 21.1. The molecule has 156 valence electrons. The van der Waals surface area contributed by atoms with Gasteiger partial charge in [-0.05, 0) is 24.6 Å². The molecule has 1 N–H and O–H groups in total. The van der Waals surface area contributed by atoms with Crippen molar-refractivity contribution in [1.29, 1.82) is 0 Å². The first-order chi connectivity index (χ1) is 13.9. The second-order valence-corrected chi connectivity index (χ2v) is 6.79. The molecule has 29 heavy (non-hydrogen) atoms. The summed E-state index contributed by atoms with van der Waals surface area (Å²) in [5, 5.41) is 11.7. The van der Waals surface area contributed by atoms with E-state index in [1.54, 1.807) is 17.8 Å². The molecule has 1 aliphatic heterocycles. The van der Waals surface area contributed by atoms with Gasteiger partial charge in [0.15, 0.2) is 0 Å². The number of alkyl halides is 2. The Morgan fingerprint density at radius 3 is 2.62 bits per heavy atom. The average molecular weight is 405 g/mol. The van der Waals surface area contributed by atoms with E-state index in [0.717, 1.165) is 5.39 Å². The van der Waals surface area contributed by atoms with Gasteiger partial charge in [0.1, 0.15) is 11.9 Å². The molecule has 2 aromatic heterocycles. The van der Waals surface area contributed by atoms with Crippen molar-refractivity contribution in [3.8, 4) is 16.9 Å². The monoisotopic (exact) mass is 405 g/mol. The number of halogens is 2.